The van der Waals surface area contributed by atoms with E-state index in [9.17, 15) is 4.79 Å². The Morgan fingerprint density at radius 1 is 1.00 bits per heavy atom. The zero-order chi connectivity index (χ0) is 19.0. The molecule has 136 valence electrons. The van der Waals surface area contributed by atoms with Gasteiger partial charge in [-0.1, -0.05) is 21.1 Å². The second-order valence-corrected chi connectivity index (χ2v) is 6.54. The molecular formula is C19H13BrN2O5. The summed E-state index contributed by atoms with van der Waals surface area (Å²) in [7, 11) is 3.10. The molecule has 0 aliphatic rings. The molecule has 0 bridgehead atoms. The standard InChI is InChI=1S/C19H13BrN2O5/c1-24-15-5-3-10(9-16(15)25-2)17-21-18(27-22-17)13-8-11-7-12(20)4-6-14(11)26-19(13)23/h3-9H,1-2H3. The van der Waals surface area contributed by atoms with Crippen LogP contribution in [0.3, 0.4) is 0 Å². The molecule has 4 rings (SSSR count). The quantitative estimate of drug-likeness (QED) is 0.448. The van der Waals surface area contributed by atoms with Crippen LogP contribution >= 0.6 is 15.9 Å². The van der Waals surface area contributed by atoms with E-state index in [1.807, 2.05) is 6.07 Å². The first-order chi connectivity index (χ1) is 13.1. The Hall–Kier alpha value is -3.13. The molecule has 8 heteroatoms. The molecule has 0 aliphatic heterocycles. The molecule has 0 N–H and O–H groups in total. The maximum atomic E-state index is 12.3. The van der Waals surface area contributed by atoms with Crippen molar-refractivity contribution in [2.45, 2.75) is 0 Å². The van der Waals surface area contributed by atoms with E-state index < -0.39 is 5.63 Å². The minimum absolute atomic E-state index is 0.0791. The lowest BCUT2D eigenvalue weighted by molar-refractivity contribution is 0.355. The van der Waals surface area contributed by atoms with Crippen LogP contribution in [0.25, 0.3) is 33.8 Å². The normalized spacial score (nSPS) is 10.9. The highest BCUT2D eigenvalue weighted by molar-refractivity contribution is 9.10. The van der Waals surface area contributed by atoms with E-state index in [1.165, 1.54) is 0 Å². The first kappa shape index (κ1) is 17.3. The molecule has 7 nitrogen and oxygen atoms in total. The lowest BCUT2D eigenvalue weighted by Crippen LogP contribution is -2.02. The highest BCUT2D eigenvalue weighted by Crippen LogP contribution is 2.32. The van der Waals surface area contributed by atoms with Crippen molar-refractivity contribution < 1.29 is 18.4 Å². The van der Waals surface area contributed by atoms with Gasteiger partial charge in [0.2, 0.25) is 5.82 Å². The Kier molecular flexibility index (Phi) is 4.41. The highest BCUT2D eigenvalue weighted by Gasteiger charge is 2.17. The van der Waals surface area contributed by atoms with Gasteiger partial charge >= 0.3 is 5.63 Å². The average Bonchev–Trinajstić information content (AvgIpc) is 3.17. The smallest absolute Gasteiger partial charge is 0.349 e. The number of methoxy groups -OCH3 is 2. The fourth-order valence-corrected chi connectivity index (χ4v) is 3.05. The number of rotatable bonds is 4. The zero-order valence-electron chi connectivity index (χ0n) is 14.4. The van der Waals surface area contributed by atoms with Gasteiger partial charge in [0.15, 0.2) is 11.5 Å². The van der Waals surface area contributed by atoms with Gasteiger partial charge < -0.3 is 18.4 Å². The van der Waals surface area contributed by atoms with Crippen LogP contribution < -0.4 is 15.1 Å². The maximum Gasteiger partial charge on any atom is 0.349 e. The molecular weight excluding hydrogens is 416 g/mol. The molecule has 0 aliphatic carbocycles. The molecule has 27 heavy (non-hydrogen) atoms. The van der Waals surface area contributed by atoms with Gasteiger partial charge in [0.05, 0.1) is 14.2 Å². The van der Waals surface area contributed by atoms with Crippen molar-refractivity contribution in [3.8, 4) is 34.3 Å². The van der Waals surface area contributed by atoms with Gasteiger partial charge in [0.1, 0.15) is 11.1 Å². The van der Waals surface area contributed by atoms with Crippen molar-refractivity contribution in [2.24, 2.45) is 0 Å². The second kappa shape index (κ2) is 6.88. The summed E-state index contributed by atoms with van der Waals surface area (Å²) >= 11 is 3.40. The van der Waals surface area contributed by atoms with Crippen LogP contribution in [-0.4, -0.2) is 24.4 Å². The van der Waals surface area contributed by atoms with Crippen LogP contribution in [0.15, 0.2) is 60.7 Å². The summed E-state index contributed by atoms with van der Waals surface area (Å²) in [6, 6.07) is 12.3. The van der Waals surface area contributed by atoms with Gasteiger partial charge in [0.25, 0.3) is 5.89 Å². The van der Waals surface area contributed by atoms with Crippen LogP contribution in [0, 0.1) is 0 Å². The Balaban J connectivity index is 1.78. The van der Waals surface area contributed by atoms with Crippen LogP contribution in [0.5, 0.6) is 11.5 Å². The Morgan fingerprint density at radius 2 is 1.81 bits per heavy atom. The van der Waals surface area contributed by atoms with Gasteiger partial charge in [-0.25, -0.2) is 4.79 Å². The Bertz CT molecular complexity index is 1200. The summed E-state index contributed by atoms with van der Waals surface area (Å²) in [6.45, 7) is 0. The monoisotopic (exact) mass is 428 g/mol. The third kappa shape index (κ3) is 3.19. The molecule has 0 spiro atoms. The summed E-state index contributed by atoms with van der Waals surface area (Å²) in [5.41, 5.74) is 0.786. The summed E-state index contributed by atoms with van der Waals surface area (Å²) < 4.78 is 22.0. The van der Waals surface area contributed by atoms with Crippen LogP contribution in [0.2, 0.25) is 0 Å². The lowest BCUT2D eigenvalue weighted by atomic mass is 10.2. The van der Waals surface area contributed by atoms with E-state index in [1.54, 1.807) is 50.6 Å². The average molecular weight is 429 g/mol. The lowest BCUT2D eigenvalue weighted by Gasteiger charge is -2.07. The van der Waals surface area contributed by atoms with Gasteiger partial charge in [-0.15, -0.1) is 0 Å². The summed E-state index contributed by atoms with van der Waals surface area (Å²) in [5.74, 6) is 1.53. The van der Waals surface area contributed by atoms with Crippen molar-refractivity contribution >= 4 is 26.9 Å². The third-order valence-electron chi connectivity index (χ3n) is 3.99. The molecule has 0 unspecified atom stereocenters. The molecule has 0 saturated heterocycles. The number of nitrogens with zero attached hydrogens (tertiary/aromatic N) is 2. The van der Waals surface area contributed by atoms with E-state index in [-0.39, 0.29) is 11.5 Å². The van der Waals surface area contributed by atoms with E-state index in [4.69, 9.17) is 18.4 Å². The maximum absolute atomic E-state index is 12.3. The minimum atomic E-state index is -0.549. The number of hydrogen-bond donors (Lipinski definition) is 0. The van der Waals surface area contributed by atoms with E-state index in [2.05, 4.69) is 26.1 Å². The molecule has 0 atom stereocenters. The zero-order valence-corrected chi connectivity index (χ0v) is 15.9. The number of halogens is 1. The number of ether oxygens (including phenoxy) is 2. The van der Waals surface area contributed by atoms with E-state index in [0.717, 1.165) is 9.86 Å². The number of aromatic nitrogens is 2. The first-order valence-electron chi connectivity index (χ1n) is 7.89. The van der Waals surface area contributed by atoms with E-state index >= 15 is 0 Å². The molecule has 2 aromatic heterocycles. The number of benzene rings is 2. The first-order valence-corrected chi connectivity index (χ1v) is 8.68. The Morgan fingerprint density at radius 3 is 2.59 bits per heavy atom. The summed E-state index contributed by atoms with van der Waals surface area (Å²) in [5, 5.41) is 4.70. The molecule has 0 radical (unpaired) electrons. The van der Waals surface area contributed by atoms with Gasteiger partial charge in [-0.05, 0) is 42.5 Å². The fourth-order valence-electron chi connectivity index (χ4n) is 2.67. The van der Waals surface area contributed by atoms with Crippen molar-refractivity contribution in [3.05, 3.63) is 57.4 Å². The fraction of sp³-hybridized carbons (Fsp3) is 0.105. The van der Waals surface area contributed by atoms with Crippen molar-refractivity contribution in [1.82, 2.24) is 10.1 Å². The third-order valence-corrected chi connectivity index (χ3v) is 4.49. The van der Waals surface area contributed by atoms with E-state index in [0.29, 0.717) is 28.5 Å². The summed E-state index contributed by atoms with van der Waals surface area (Å²) in [6.07, 6.45) is 0. The minimum Gasteiger partial charge on any atom is -0.493 e. The van der Waals surface area contributed by atoms with Crippen LogP contribution in [0.1, 0.15) is 0 Å². The van der Waals surface area contributed by atoms with Crippen molar-refractivity contribution in [2.75, 3.05) is 14.2 Å². The Labute approximate surface area is 161 Å². The van der Waals surface area contributed by atoms with Gasteiger partial charge in [0, 0.05) is 15.4 Å². The van der Waals surface area contributed by atoms with Crippen molar-refractivity contribution in [3.63, 3.8) is 0 Å². The van der Waals surface area contributed by atoms with Crippen molar-refractivity contribution in [1.29, 1.82) is 0 Å². The molecule has 0 saturated carbocycles. The van der Waals surface area contributed by atoms with Crippen LogP contribution in [0.4, 0.5) is 0 Å². The second-order valence-electron chi connectivity index (χ2n) is 5.62. The number of hydrogen-bond acceptors (Lipinski definition) is 7. The topological polar surface area (TPSA) is 87.6 Å². The predicted octanol–water partition coefficient (Wildman–Crippen LogP) is 4.29. The molecule has 2 heterocycles. The summed E-state index contributed by atoms with van der Waals surface area (Å²) in [4.78, 5) is 16.6. The molecule has 0 fully saturated rings. The largest absolute Gasteiger partial charge is 0.493 e. The van der Waals surface area contributed by atoms with Gasteiger partial charge in [-0.2, -0.15) is 4.98 Å². The highest BCUT2D eigenvalue weighted by atomic mass is 79.9. The predicted molar refractivity (Wildman–Crippen MR) is 102 cm³/mol. The van der Waals surface area contributed by atoms with Crippen LogP contribution in [-0.2, 0) is 0 Å². The van der Waals surface area contributed by atoms with Gasteiger partial charge in [-0.3, -0.25) is 0 Å². The molecule has 0 amide bonds. The molecule has 2 aromatic carbocycles. The molecule has 4 aromatic rings. The SMILES string of the molecule is COc1ccc(-c2noc(-c3cc4cc(Br)ccc4oc3=O)n2)cc1OC. The number of fused-ring (bicyclic) bond motifs is 1.